The van der Waals surface area contributed by atoms with Crippen LogP contribution in [0.5, 0.6) is 0 Å². The van der Waals surface area contributed by atoms with Crippen LogP contribution in [0.2, 0.25) is 0 Å². The zero-order valence-corrected chi connectivity index (χ0v) is 11.2. The number of nitrogens with one attached hydrogen (secondary N) is 2. The molecule has 0 radical (unpaired) electrons. The first-order chi connectivity index (χ1) is 8.99. The average molecular weight is 265 g/mol. The van der Waals surface area contributed by atoms with Gasteiger partial charge in [-0.2, -0.15) is 0 Å². The average Bonchev–Trinajstić information content (AvgIpc) is 2.37. The Labute approximate surface area is 112 Å². The molecule has 0 aliphatic carbocycles. The zero-order valence-electron chi connectivity index (χ0n) is 11.2. The van der Waals surface area contributed by atoms with Crippen LogP contribution in [0.4, 0.5) is 5.69 Å². The first kappa shape index (κ1) is 15.1. The molecule has 0 heterocycles. The molecule has 0 unspecified atom stereocenters. The molecule has 6 heteroatoms. The van der Waals surface area contributed by atoms with Crippen molar-refractivity contribution >= 4 is 11.6 Å². The predicted molar refractivity (Wildman–Crippen MR) is 72.7 cm³/mol. The van der Waals surface area contributed by atoms with E-state index in [2.05, 4.69) is 10.6 Å². The van der Waals surface area contributed by atoms with E-state index < -0.39 is 4.92 Å². The summed E-state index contributed by atoms with van der Waals surface area (Å²) in [6.45, 7) is 5.48. The van der Waals surface area contributed by atoms with Crippen molar-refractivity contribution in [3.05, 3.63) is 39.9 Å². The summed E-state index contributed by atoms with van der Waals surface area (Å²) in [5.41, 5.74) is 0.973. The molecule has 0 aromatic heterocycles. The van der Waals surface area contributed by atoms with Crippen molar-refractivity contribution in [3.63, 3.8) is 0 Å². The van der Waals surface area contributed by atoms with Gasteiger partial charge < -0.3 is 10.6 Å². The van der Waals surface area contributed by atoms with Crippen molar-refractivity contribution in [2.45, 2.75) is 20.4 Å². The Balaban J connectivity index is 2.29. The number of carbonyl (C=O) groups is 1. The summed E-state index contributed by atoms with van der Waals surface area (Å²) in [5.74, 6) is 0.384. The van der Waals surface area contributed by atoms with E-state index in [9.17, 15) is 14.9 Å². The maximum absolute atomic E-state index is 11.4. The molecule has 0 bridgehead atoms. The van der Waals surface area contributed by atoms with Crippen molar-refractivity contribution < 1.29 is 9.72 Å². The number of carbonyl (C=O) groups excluding carboxylic acids is 1. The Kier molecular flexibility index (Phi) is 5.95. The molecule has 0 aliphatic heterocycles. The summed E-state index contributed by atoms with van der Waals surface area (Å²) >= 11 is 0. The normalized spacial score (nSPS) is 10.5. The lowest BCUT2D eigenvalue weighted by Gasteiger charge is -2.08. The summed E-state index contributed by atoms with van der Waals surface area (Å²) in [5, 5.41) is 16.3. The molecule has 19 heavy (non-hydrogen) atoms. The largest absolute Gasteiger partial charge is 0.355 e. The van der Waals surface area contributed by atoms with E-state index in [1.807, 2.05) is 13.8 Å². The Bertz CT molecular complexity index is 429. The Morgan fingerprint density at radius 3 is 2.47 bits per heavy atom. The minimum Gasteiger partial charge on any atom is -0.355 e. The van der Waals surface area contributed by atoms with Gasteiger partial charge in [-0.1, -0.05) is 26.0 Å². The summed E-state index contributed by atoms with van der Waals surface area (Å²) in [6.07, 6.45) is 0. The first-order valence-corrected chi connectivity index (χ1v) is 6.19. The van der Waals surface area contributed by atoms with Gasteiger partial charge in [-0.15, -0.1) is 0 Å². The molecule has 1 rings (SSSR count). The number of nitrogens with zero attached hydrogens (tertiary/aromatic N) is 1. The van der Waals surface area contributed by atoms with Crippen molar-refractivity contribution in [1.82, 2.24) is 10.6 Å². The van der Waals surface area contributed by atoms with Gasteiger partial charge in [-0.25, -0.2) is 0 Å². The minimum absolute atomic E-state index is 0.0457. The molecule has 0 spiro atoms. The lowest BCUT2D eigenvalue weighted by Crippen LogP contribution is -2.35. The van der Waals surface area contributed by atoms with Crippen LogP contribution in [-0.4, -0.2) is 23.9 Å². The molecule has 1 aromatic rings. The van der Waals surface area contributed by atoms with Crippen LogP contribution in [-0.2, 0) is 11.3 Å². The highest BCUT2D eigenvalue weighted by molar-refractivity contribution is 5.77. The molecule has 0 atom stereocenters. The van der Waals surface area contributed by atoms with Gasteiger partial charge in [0.15, 0.2) is 0 Å². The number of hydrogen-bond donors (Lipinski definition) is 2. The second-order valence-corrected chi connectivity index (χ2v) is 4.73. The van der Waals surface area contributed by atoms with E-state index in [1.54, 1.807) is 12.1 Å². The fraction of sp³-hybridized carbons (Fsp3) is 0.462. The molecule has 0 fully saturated rings. The number of non-ortho nitro benzene ring substituents is 1. The third-order valence-corrected chi connectivity index (χ3v) is 2.47. The van der Waals surface area contributed by atoms with E-state index in [0.29, 0.717) is 19.0 Å². The highest BCUT2D eigenvalue weighted by Crippen LogP contribution is 2.11. The Hall–Kier alpha value is -1.95. The minimum atomic E-state index is -0.434. The van der Waals surface area contributed by atoms with Gasteiger partial charge in [0.2, 0.25) is 5.91 Å². The molecule has 0 saturated heterocycles. The lowest BCUT2D eigenvalue weighted by molar-refractivity contribution is -0.384. The number of rotatable bonds is 7. The standard InChI is InChI=1S/C13H19N3O3/c1-10(2)7-15-13(17)9-14-8-11-3-5-12(6-4-11)16(18)19/h3-6,10,14H,7-9H2,1-2H3,(H,15,17). The van der Waals surface area contributed by atoms with Crippen LogP contribution >= 0.6 is 0 Å². The molecular weight excluding hydrogens is 246 g/mol. The second-order valence-electron chi connectivity index (χ2n) is 4.73. The summed E-state index contributed by atoms with van der Waals surface area (Å²) in [6, 6.07) is 6.26. The monoisotopic (exact) mass is 265 g/mol. The highest BCUT2D eigenvalue weighted by Gasteiger charge is 2.05. The van der Waals surface area contributed by atoms with Gasteiger partial charge in [-0.3, -0.25) is 14.9 Å². The first-order valence-electron chi connectivity index (χ1n) is 6.19. The van der Waals surface area contributed by atoms with E-state index in [1.165, 1.54) is 12.1 Å². The van der Waals surface area contributed by atoms with Gasteiger partial charge in [0.05, 0.1) is 11.5 Å². The second kappa shape index (κ2) is 7.48. The zero-order chi connectivity index (χ0) is 14.3. The molecule has 2 N–H and O–H groups in total. The molecule has 6 nitrogen and oxygen atoms in total. The van der Waals surface area contributed by atoms with E-state index in [0.717, 1.165) is 5.56 Å². The van der Waals surface area contributed by atoms with Gasteiger partial charge in [0.25, 0.3) is 5.69 Å². The molecule has 1 amide bonds. The van der Waals surface area contributed by atoms with Gasteiger partial charge >= 0.3 is 0 Å². The molecule has 1 aromatic carbocycles. The van der Waals surface area contributed by atoms with E-state index in [-0.39, 0.29) is 18.1 Å². The Morgan fingerprint density at radius 1 is 1.32 bits per heavy atom. The third kappa shape index (κ3) is 5.96. The number of hydrogen-bond acceptors (Lipinski definition) is 4. The summed E-state index contributed by atoms with van der Waals surface area (Å²) < 4.78 is 0. The molecule has 104 valence electrons. The summed E-state index contributed by atoms with van der Waals surface area (Å²) in [4.78, 5) is 21.5. The van der Waals surface area contributed by atoms with Gasteiger partial charge in [0, 0.05) is 25.2 Å². The van der Waals surface area contributed by atoms with Gasteiger partial charge in [0.1, 0.15) is 0 Å². The fourth-order valence-electron chi connectivity index (χ4n) is 1.44. The van der Waals surface area contributed by atoms with Crippen LogP contribution in [0.25, 0.3) is 0 Å². The predicted octanol–water partition coefficient (Wildman–Crippen LogP) is 1.46. The van der Waals surface area contributed by atoms with Crippen molar-refractivity contribution in [3.8, 4) is 0 Å². The highest BCUT2D eigenvalue weighted by atomic mass is 16.6. The van der Waals surface area contributed by atoms with Crippen LogP contribution in [0.3, 0.4) is 0 Å². The van der Waals surface area contributed by atoms with Crippen molar-refractivity contribution in [2.24, 2.45) is 5.92 Å². The Morgan fingerprint density at radius 2 is 1.95 bits per heavy atom. The smallest absolute Gasteiger partial charge is 0.269 e. The number of nitro groups is 1. The van der Waals surface area contributed by atoms with Crippen LogP contribution < -0.4 is 10.6 Å². The lowest BCUT2D eigenvalue weighted by atomic mass is 10.2. The number of amides is 1. The third-order valence-electron chi connectivity index (χ3n) is 2.47. The number of nitro benzene ring substituents is 1. The molecule has 0 saturated carbocycles. The van der Waals surface area contributed by atoms with Crippen LogP contribution in [0, 0.1) is 16.0 Å². The fourth-order valence-corrected chi connectivity index (χ4v) is 1.44. The van der Waals surface area contributed by atoms with Crippen LogP contribution in [0.15, 0.2) is 24.3 Å². The van der Waals surface area contributed by atoms with Crippen molar-refractivity contribution in [1.29, 1.82) is 0 Å². The van der Waals surface area contributed by atoms with Crippen LogP contribution in [0.1, 0.15) is 19.4 Å². The summed E-state index contributed by atoms with van der Waals surface area (Å²) in [7, 11) is 0. The maximum Gasteiger partial charge on any atom is 0.269 e. The van der Waals surface area contributed by atoms with E-state index >= 15 is 0 Å². The quantitative estimate of drug-likeness (QED) is 0.577. The SMILES string of the molecule is CC(C)CNC(=O)CNCc1ccc([N+](=O)[O-])cc1. The maximum atomic E-state index is 11.4. The van der Waals surface area contributed by atoms with Gasteiger partial charge in [-0.05, 0) is 11.5 Å². The van der Waals surface area contributed by atoms with Crippen molar-refractivity contribution in [2.75, 3.05) is 13.1 Å². The van der Waals surface area contributed by atoms with E-state index in [4.69, 9.17) is 0 Å². The molecule has 0 aliphatic rings. The topological polar surface area (TPSA) is 84.3 Å². The molecular formula is C13H19N3O3. The number of benzene rings is 1.